The average Bonchev–Trinajstić information content (AvgIpc) is 3.51. The number of rotatable bonds is 9. The van der Waals surface area contributed by atoms with Gasteiger partial charge in [-0.05, 0) is 62.6 Å². The van der Waals surface area contributed by atoms with Crippen molar-refractivity contribution in [3.63, 3.8) is 0 Å². The van der Waals surface area contributed by atoms with Gasteiger partial charge >= 0.3 is 0 Å². The second kappa shape index (κ2) is 9.65. The van der Waals surface area contributed by atoms with Crippen molar-refractivity contribution in [3.05, 3.63) is 52.5 Å². The Morgan fingerprint density at radius 1 is 1.03 bits per heavy atom. The van der Waals surface area contributed by atoms with Gasteiger partial charge in [-0.3, -0.25) is 9.59 Å². The lowest BCUT2D eigenvalue weighted by Gasteiger charge is -2.13. The van der Waals surface area contributed by atoms with Crippen molar-refractivity contribution in [2.75, 3.05) is 18.5 Å². The molecule has 0 unspecified atom stereocenters. The first-order valence-electron chi connectivity index (χ1n) is 9.83. The molecular formula is C22H25ClN2O4. The number of anilines is 1. The molecule has 3 rings (SSSR count). The number of halogens is 1. The summed E-state index contributed by atoms with van der Waals surface area (Å²) in [5.74, 6) is 0.636. The molecule has 0 saturated heterocycles. The van der Waals surface area contributed by atoms with E-state index in [4.69, 9.17) is 21.1 Å². The van der Waals surface area contributed by atoms with Crippen LogP contribution in [0, 0.1) is 0 Å². The van der Waals surface area contributed by atoms with Crippen LogP contribution in [0.15, 0.2) is 36.4 Å². The summed E-state index contributed by atoms with van der Waals surface area (Å²) in [6, 6.07) is 10.2. The smallest absolute Gasteiger partial charge is 0.255 e. The number of nitrogens with one attached hydrogen (secondary N) is 2. The molecule has 1 aliphatic carbocycles. The van der Waals surface area contributed by atoms with Gasteiger partial charge in [0, 0.05) is 17.3 Å². The number of hydrogen-bond donors (Lipinski definition) is 2. The summed E-state index contributed by atoms with van der Waals surface area (Å²) >= 11 is 6.24. The molecule has 29 heavy (non-hydrogen) atoms. The van der Waals surface area contributed by atoms with Crippen LogP contribution >= 0.6 is 11.6 Å². The first kappa shape index (κ1) is 21.0. The quantitative estimate of drug-likeness (QED) is 0.622. The van der Waals surface area contributed by atoms with Crippen LogP contribution < -0.4 is 20.1 Å². The summed E-state index contributed by atoms with van der Waals surface area (Å²) in [7, 11) is 0. The summed E-state index contributed by atoms with van der Waals surface area (Å²) in [5.41, 5.74) is 1.34. The third-order valence-corrected chi connectivity index (χ3v) is 4.66. The zero-order chi connectivity index (χ0) is 20.8. The first-order chi connectivity index (χ1) is 14.0. The standard InChI is InChI=1S/C22H25ClN2O4/c1-3-11-29-19-10-5-14(12-20(19)28-4-2)21(26)25-16-8-9-17(18(23)13-16)22(27)24-15-6-7-15/h5,8-10,12-13,15H,3-4,6-7,11H2,1-2H3,(H,24,27)(H,25,26). The van der Waals surface area contributed by atoms with E-state index < -0.39 is 0 Å². The normalized spacial score (nSPS) is 12.9. The van der Waals surface area contributed by atoms with Crippen LogP contribution in [0.5, 0.6) is 11.5 Å². The summed E-state index contributed by atoms with van der Waals surface area (Å²) in [5, 5.41) is 5.99. The van der Waals surface area contributed by atoms with Crippen molar-refractivity contribution in [1.82, 2.24) is 5.32 Å². The van der Waals surface area contributed by atoms with Gasteiger partial charge in [-0.2, -0.15) is 0 Å². The van der Waals surface area contributed by atoms with Crippen LogP contribution in [0.4, 0.5) is 5.69 Å². The summed E-state index contributed by atoms with van der Waals surface area (Å²) < 4.78 is 11.3. The first-order valence-corrected chi connectivity index (χ1v) is 10.2. The Balaban J connectivity index is 1.71. The highest BCUT2D eigenvalue weighted by Gasteiger charge is 2.24. The van der Waals surface area contributed by atoms with E-state index in [1.807, 2.05) is 13.8 Å². The molecule has 2 amide bonds. The van der Waals surface area contributed by atoms with Gasteiger partial charge < -0.3 is 20.1 Å². The maximum Gasteiger partial charge on any atom is 0.255 e. The molecule has 2 aromatic rings. The van der Waals surface area contributed by atoms with E-state index in [2.05, 4.69) is 10.6 Å². The van der Waals surface area contributed by atoms with E-state index >= 15 is 0 Å². The maximum atomic E-state index is 12.6. The molecule has 2 N–H and O–H groups in total. The number of carbonyl (C=O) groups excluding carboxylic acids is 2. The number of benzene rings is 2. The zero-order valence-corrected chi connectivity index (χ0v) is 17.3. The second-order valence-electron chi connectivity index (χ2n) is 6.84. The predicted molar refractivity (Wildman–Crippen MR) is 113 cm³/mol. The number of amides is 2. The molecule has 0 spiro atoms. The van der Waals surface area contributed by atoms with E-state index in [0.717, 1.165) is 19.3 Å². The molecule has 0 atom stereocenters. The summed E-state index contributed by atoms with van der Waals surface area (Å²) in [6.07, 6.45) is 2.89. The van der Waals surface area contributed by atoms with Crippen LogP contribution in [-0.2, 0) is 0 Å². The Labute approximate surface area is 175 Å². The van der Waals surface area contributed by atoms with Crippen LogP contribution in [0.3, 0.4) is 0 Å². The van der Waals surface area contributed by atoms with Crippen LogP contribution in [0.2, 0.25) is 5.02 Å². The van der Waals surface area contributed by atoms with Crippen molar-refractivity contribution in [3.8, 4) is 11.5 Å². The Morgan fingerprint density at radius 2 is 1.83 bits per heavy atom. The van der Waals surface area contributed by atoms with Gasteiger partial charge in [-0.25, -0.2) is 0 Å². The van der Waals surface area contributed by atoms with E-state index in [1.54, 1.807) is 36.4 Å². The molecule has 7 heteroatoms. The molecule has 0 bridgehead atoms. The fraction of sp³-hybridized carbons (Fsp3) is 0.364. The molecule has 0 radical (unpaired) electrons. The minimum atomic E-state index is -0.306. The van der Waals surface area contributed by atoms with Crippen molar-refractivity contribution >= 4 is 29.1 Å². The molecule has 2 aromatic carbocycles. The van der Waals surface area contributed by atoms with E-state index in [1.165, 1.54) is 0 Å². The molecule has 1 saturated carbocycles. The lowest BCUT2D eigenvalue weighted by Crippen LogP contribution is -2.25. The molecular weight excluding hydrogens is 392 g/mol. The monoisotopic (exact) mass is 416 g/mol. The molecule has 0 aliphatic heterocycles. The van der Waals surface area contributed by atoms with Crippen molar-refractivity contribution in [2.24, 2.45) is 0 Å². The minimum Gasteiger partial charge on any atom is -0.490 e. The summed E-state index contributed by atoms with van der Waals surface area (Å²) in [6.45, 7) is 4.94. The van der Waals surface area contributed by atoms with Gasteiger partial charge in [0.2, 0.25) is 0 Å². The fourth-order valence-electron chi connectivity index (χ4n) is 2.72. The lowest BCUT2D eigenvalue weighted by molar-refractivity contribution is 0.0950. The highest BCUT2D eigenvalue weighted by molar-refractivity contribution is 6.34. The van der Waals surface area contributed by atoms with Gasteiger partial charge in [-0.1, -0.05) is 18.5 Å². The van der Waals surface area contributed by atoms with Crippen LogP contribution in [-0.4, -0.2) is 31.1 Å². The van der Waals surface area contributed by atoms with E-state index in [0.29, 0.717) is 46.5 Å². The predicted octanol–water partition coefficient (Wildman–Crippen LogP) is 4.67. The number of hydrogen-bond acceptors (Lipinski definition) is 4. The minimum absolute atomic E-state index is 0.195. The lowest BCUT2D eigenvalue weighted by atomic mass is 10.1. The second-order valence-corrected chi connectivity index (χ2v) is 7.25. The van der Waals surface area contributed by atoms with Crippen molar-refractivity contribution in [2.45, 2.75) is 39.2 Å². The zero-order valence-electron chi connectivity index (χ0n) is 16.6. The Kier molecular flexibility index (Phi) is 6.99. The maximum absolute atomic E-state index is 12.6. The molecule has 6 nitrogen and oxygen atoms in total. The molecule has 0 aromatic heterocycles. The van der Waals surface area contributed by atoms with Gasteiger partial charge in [0.05, 0.1) is 23.8 Å². The third-order valence-electron chi connectivity index (χ3n) is 4.35. The Hall–Kier alpha value is -2.73. The van der Waals surface area contributed by atoms with Gasteiger partial charge in [0.15, 0.2) is 11.5 Å². The van der Waals surface area contributed by atoms with Crippen LogP contribution in [0.1, 0.15) is 53.8 Å². The molecule has 154 valence electrons. The molecule has 1 aliphatic rings. The van der Waals surface area contributed by atoms with Crippen molar-refractivity contribution in [1.29, 1.82) is 0 Å². The van der Waals surface area contributed by atoms with Crippen molar-refractivity contribution < 1.29 is 19.1 Å². The van der Waals surface area contributed by atoms with Gasteiger partial charge in [0.25, 0.3) is 11.8 Å². The third kappa shape index (κ3) is 5.64. The van der Waals surface area contributed by atoms with E-state index in [-0.39, 0.29) is 17.9 Å². The largest absolute Gasteiger partial charge is 0.490 e. The van der Waals surface area contributed by atoms with E-state index in [9.17, 15) is 9.59 Å². The number of ether oxygens (including phenoxy) is 2. The highest BCUT2D eigenvalue weighted by Crippen LogP contribution is 2.29. The molecule has 1 fully saturated rings. The fourth-order valence-corrected chi connectivity index (χ4v) is 2.99. The van der Waals surface area contributed by atoms with Gasteiger partial charge in [-0.15, -0.1) is 0 Å². The van der Waals surface area contributed by atoms with Gasteiger partial charge in [0.1, 0.15) is 0 Å². The average molecular weight is 417 g/mol. The topological polar surface area (TPSA) is 76.7 Å². The SMILES string of the molecule is CCCOc1ccc(C(=O)Nc2ccc(C(=O)NC3CC3)c(Cl)c2)cc1OCC. The highest BCUT2D eigenvalue weighted by atomic mass is 35.5. The van der Waals surface area contributed by atoms with Crippen LogP contribution in [0.25, 0.3) is 0 Å². The molecule has 0 heterocycles. The summed E-state index contributed by atoms with van der Waals surface area (Å²) in [4.78, 5) is 24.8. The Bertz CT molecular complexity index is 896. The number of carbonyl (C=O) groups is 2. The Morgan fingerprint density at radius 3 is 2.48 bits per heavy atom.